The molecule has 0 N–H and O–H groups in total. The lowest BCUT2D eigenvalue weighted by molar-refractivity contribution is 0.244. The fraction of sp³-hybridized carbons (Fsp3) is 0.588. The highest BCUT2D eigenvalue weighted by Gasteiger charge is 2.42. The molecule has 2 bridgehead atoms. The topological polar surface area (TPSA) is 17.8 Å². The number of fused-ring (bicyclic) bond motifs is 3. The summed E-state index contributed by atoms with van der Waals surface area (Å²) < 4.78 is 2.41. The molecule has 2 aliphatic rings. The van der Waals surface area contributed by atoms with Crippen LogP contribution in [0.15, 0.2) is 24.3 Å². The Morgan fingerprint density at radius 1 is 1.30 bits per heavy atom. The highest BCUT2D eigenvalue weighted by molar-refractivity contribution is 6.16. The maximum Gasteiger partial charge on any atom is 0.125 e. The lowest BCUT2D eigenvalue weighted by atomic mass is 9.84. The van der Waals surface area contributed by atoms with Crippen molar-refractivity contribution in [3.8, 4) is 0 Å². The molecule has 0 saturated heterocycles. The quantitative estimate of drug-likeness (QED) is 0.744. The Morgan fingerprint density at radius 3 is 2.85 bits per heavy atom. The van der Waals surface area contributed by atoms with Crippen molar-refractivity contribution in [3.63, 3.8) is 0 Å². The molecule has 106 valence electrons. The van der Waals surface area contributed by atoms with Gasteiger partial charge in [-0.15, -0.1) is 11.6 Å². The van der Waals surface area contributed by atoms with Crippen LogP contribution in [0, 0.1) is 17.8 Å². The first-order valence-corrected chi connectivity index (χ1v) is 8.33. The summed E-state index contributed by atoms with van der Waals surface area (Å²) in [6, 6.07) is 8.95. The third kappa shape index (κ3) is 1.81. The third-order valence-corrected chi connectivity index (χ3v) is 5.85. The van der Waals surface area contributed by atoms with Crippen molar-refractivity contribution in [2.75, 3.05) is 0 Å². The number of rotatable bonds is 3. The summed E-state index contributed by atoms with van der Waals surface area (Å²) >= 11 is 6.15. The summed E-state index contributed by atoms with van der Waals surface area (Å²) in [5.74, 6) is 4.26. The number of aromatic nitrogens is 2. The normalized spacial score (nSPS) is 30.2. The van der Waals surface area contributed by atoms with Gasteiger partial charge in [-0.1, -0.05) is 18.6 Å². The van der Waals surface area contributed by atoms with Crippen molar-refractivity contribution in [2.45, 2.75) is 44.5 Å². The van der Waals surface area contributed by atoms with Crippen LogP contribution in [0.2, 0.25) is 0 Å². The first kappa shape index (κ1) is 12.7. The van der Waals surface area contributed by atoms with E-state index in [0.29, 0.717) is 11.9 Å². The summed E-state index contributed by atoms with van der Waals surface area (Å²) in [6.07, 6.45) is 5.75. The molecule has 2 nitrogen and oxygen atoms in total. The van der Waals surface area contributed by atoms with Gasteiger partial charge >= 0.3 is 0 Å². The van der Waals surface area contributed by atoms with Gasteiger partial charge in [0.25, 0.3) is 0 Å². The zero-order chi connectivity index (χ0) is 13.7. The molecule has 4 unspecified atom stereocenters. The Labute approximate surface area is 125 Å². The second-order valence-electron chi connectivity index (χ2n) is 6.60. The number of imidazole rings is 1. The summed E-state index contributed by atoms with van der Waals surface area (Å²) in [5, 5.41) is 0. The molecule has 1 aromatic heterocycles. The van der Waals surface area contributed by atoms with Gasteiger partial charge < -0.3 is 4.57 Å². The van der Waals surface area contributed by atoms with E-state index >= 15 is 0 Å². The van der Waals surface area contributed by atoms with Crippen molar-refractivity contribution in [2.24, 2.45) is 17.8 Å². The van der Waals surface area contributed by atoms with Gasteiger partial charge in [0.15, 0.2) is 0 Å². The number of alkyl halides is 1. The fourth-order valence-electron chi connectivity index (χ4n) is 4.72. The molecule has 1 aromatic carbocycles. The van der Waals surface area contributed by atoms with Crippen LogP contribution in [0.4, 0.5) is 0 Å². The molecule has 0 spiro atoms. The van der Waals surface area contributed by atoms with E-state index in [1.165, 1.54) is 31.2 Å². The van der Waals surface area contributed by atoms with Crippen LogP contribution in [-0.2, 0) is 5.88 Å². The minimum Gasteiger partial charge on any atom is -0.324 e. The van der Waals surface area contributed by atoms with Gasteiger partial charge in [0.2, 0.25) is 0 Å². The fourth-order valence-corrected chi connectivity index (χ4v) is 4.91. The smallest absolute Gasteiger partial charge is 0.125 e. The molecule has 2 saturated carbocycles. The summed E-state index contributed by atoms with van der Waals surface area (Å²) in [5.41, 5.74) is 2.33. The van der Waals surface area contributed by atoms with Gasteiger partial charge in [-0.3, -0.25) is 0 Å². The van der Waals surface area contributed by atoms with Crippen LogP contribution < -0.4 is 0 Å². The van der Waals surface area contributed by atoms with Crippen LogP contribution in [0.3, 0.4) is 0 Å². The average molecular weight is 289 g/mol. The van der Waals surface area contributed by atoms with Gasteiger partial charge in [-0.2, -0.15) is 0 Å². The van der Waals surface area contributed by atoms with Crippen molar-refractivity contribution >= 4 is 22.6 Å². The maximum atomic E-state index is 6.15. The lowest BCUT2D eigenvalue weighted by Crippen LogP contribution is -2.23. The predicted octanol–water partition coefficient (Wildman–Crippen LogP) is 4.77. The van der Waals surface area contributed by atoms with Gasteiger partial charge in [-0.05, 0) is 56.1 Å². The number of halogens is 1. The number of benzene rings is 1. The summed E-state index contributed by atoms with van der Waals surface area (Å²) in [4.78, 5) is 4.72. The monoisotopic (exact) mass is 288 g/mol. The highest BCUT2D eigenvalue weighted by atomic mass is 35.5. The van der Waals surface area contributed by atoms with Crippen LogP contribution in [-0.4, -0.2) is 9.55 Å². The molecule has 4 rings (SSSR count). The molecule has 0 aliphatic heterocycles. The van der Waals surface area contributed by atoms with Crippen molar-refractivity contribution in [1.29, 1.82) is 0 Å². The van der Waals surface area contributed by atoms with E-state index < -0.39 is 0 Å². The van der Waals surface area contributed by atoms with E-state index in [4.69, 9.17) is 16.6 Å². The zero-order valence-electron chi connectivity index (χ0n) is 11.9. The molecule has 20 heavy (non-hydrogen) atoms. The molecule has 4 atom stereocenters. The van der Waals surface area contributed by atoms with Crippen molar-refractivity contribution in [1.82, 2.24) is 9.55 Å². The molecule has 3 heteroatoms. The molecule has 2 fully saturated rings. The SMILES string of the molecule is CC(C1CC2CCC1C2)n1c(CCl)nc2ccccc21. The lowest BCUT2D eigenvalue weighted by Gasteiger charge is -2.30. The Kier molecular flexibility index (Phi) is 3.03. The standard InChI is InChI=1S/C17H21ClN2/c1-11(14-9-12-6-7-13(14)8-12)20-16-5-3-2-4-15(16)19-17(20)10-18/h2-5,11-14H,6-10H2,1H3. The molecular formula is C17H21ClN2. The Balaban J connectivity index is 1.77. The van der Waals surface area contributed by atoms with E-state index in [9.17, 15) is 0 Å². The van der Waals surface area contributed by atoms with Crippen molar-refractivity contribution < 1.29 is 0 Å². The van der Waals surface area contributed by atoms with E-state index in [2.05, 4.69) is 35.8 Å². The number of hydrogen-bond acceptors (Lipinski definition) is 1. The van der Waals surface area contributed by atoms with Gasteiger partial charge in [-0.25, -0.2) is 4.98 Å². The van der Waals surface area contributed by atoms with E-state index in [1.54, 1.807) is 0 Å². The van der Waals surface area contributed by atoms with Crippen LogP contribution in [0.5, 0.6) is 0 Å². The second-order valence-corrected chi connectivity index (χ2v) is 6.87. The zero-order valence-corrected chi connectivity index (χ0v) is 12.7. The largest absolute Gasteiger partial charge is 0.324 e. The molecule has 2 aliphatic carbocycles. The summed E-state index contributed by atoms with van der Waals surface area (Å²) in [7, 11) is 0. The Hall–Kier alpha value is -1.02. The van der Waals surface area contributed by atoms with Crippen LogP contribution in [0.1, 0.15) is 44.5 Å². The minimum atomic E-state index is 0.500. The van der Waals surface area contributed by atoms with E-state index in [-0.39, 0.29) is 0 Å². The molecule has 0 amide bonds. The molecule has 2 aromatic rings. The van der Waals surface area contributed by atoms with E-state index in [0.717, 1.165) is 29.1 Å². The second kappa shape index (κ2) is 4.77. The Morgan fingerprint density at radius 2 is 2.15 bits per heavy atom. The highest BCUT2D eigenvalue weighted by Crippen LogP contribution is 2.52. The number of nitrogens with zero attached hydrogens (tertiary/aromatic N) is 2. The van der Waals surface area contributed by atoms with E-state index in [1.807, 2.05) is 0 Å². The molecular weight excluding hydrogens is 268 g/mol. The van der Waals surface area contributed by atoms with Crippen LogP contribution in [0.25, 0.3) is 11.0 Å². The number of para-hydroxylation sites is 2. The summed E-state index contributed by atoms with van der Waals surface area (Å²) in [6.45, 7) is 2.37. The van der Waals surface area contributed by atoms with Gasteiger partial charge in [0.05, 0.1) is 16.9 Å². The van der Waals surface area contributed by atoms with Gasteiger partial charge in [0.1, 0.15) is 5.82 Å². The molecule has 1 heterocycles. The van der Waals surface area contributed by atoms with Crippen LogP contribution >= 0.6 is 11.6 Å². The average Bonchev–Trinajstić information content (AvgIpc) is 3.18. The molecule has 0 radical (unpaired) electrons. The number of hydrogen-bond donors (Lipinski definition) is 0. The first-order chi connectivity index (χ1) is 9.78. The first-order valence-electron chi connectivity index (χ1n) is 7.79. The van der Waals surface area contributed by atoms with Gasteiger partial charge in [0, 0.05) is 6.04 Å². The predicted molar refractivity (Wildman–Crippen MR) is 82.9 cm³/mol. The minimum absolute atomic E-state index is 0.500. The van der Waals surface area contributed by atoms with Crippen molar-refractivity contribution in [3.05, 3.63) is 30.1 Å². The Bertz CT molecular complexity index is 633. The maximum absolute atomic E-state index is 6.15. The third-order valence-electron chi connectivity index (χ3n) is 5.61.